The maximum Gasteiger partial charge on any atom is 0.207 e. The van der Waals surface area contributed by atoms with E-state index in [1.807, 2.05) is 32.0 Å². The highest BCUT2D eigenvalue weighted by Gasteiger charge is 2.33. The largest absolute Gasteiger partial charge is 0.352 e. The van der Waals surface area contributed by atoms with Crippen LogP contribution in [0.3, 0.4) is 0 Å². The molecule has 24 heavy (non-hydrogen) atoms. The first-order chi connectivity index (χ1) is 11.3. The summed E-state index contributed by atoms with van der Waals surface area (Å²) in [6, 6.07) is 7.83. The van der Waals surface area contributed by atoms with Crippen LogP contribution in [0.25, 0.3) is 5.69 Å². The third-order valence-corrected chi connectivity index (χ3v) is 6.12. The molecule has 7 nitrogen and oxygen atoms in total. The molecule has 0 radical (unpaired) electrons. The lowest BCUT2D eigenvalue weighted by atomic mass is 10.1. The Morgan fingerprint density at radius 2 is 2.08 bits per heavy atom. The van der Waals surface area contributed by atoms with Crippen molar-refractivity contribution in [3.63, 3.8) is 0 Å². The highest BCUT2D eigenvalue weighted by molar-refractivity contribution is 7.91. The Morgan fingerprint density at radius 1 is 1.33 bits per heavy atom. The third-order valence-electron chi connectivity index (χ3n) is 4.37. The van der Waals surface area contributed by atoms with Crippen LogP contribution in [-0.2, 0) is 9.84 Å². The monoisotopic (exact) mass is 345 g/mol. The fraction of sp³-hybridized carbons (Fsp3) is 0.438. The maximum atomic E-state index is 11.7. The summed E-state index contributed by atoms with van der Waals surface area (Å²) in [7, 11) is -1.24. The number of hydrogen-bond acceptors (Lipinski definition) is 6. The second-order valence-electron chi connectivity index (χ2n) is 6.23. The minimum absolute atomic E-state index is 0.0880. The Kier molecular flexibility index (Phi) is 4.05. The molecule has 0 spiro atoms. The molecule has 1 fully saturated rings. The van der Waals surface area contributed by atoms with Crippen LogP contribution in [0.2, 0.25) is 0 Å². The van der Waals surface area contributed by atoms with E-state index in [1.165, 1.54) is 4.80 Å². The lowest BCUT2D eigenvalue weighted by Crippen LogP contribution is -2.33. The van der Waals surface area contributed by atoms with Crippen LogP contribution in [0.4, 0.5) is 5.82 Å². The van der Waals surface area contributed by atoms with Gasteiger partial charge in [-0.3, -0.25) is 0 Å². The molecule has 2 heterocycles. The van der Waals surface area contributed by atoms with E-state index in [4.69, 9.17) is 0 Å². The number of aromatic nitrogens is 3. The average Bonchev–Trinajstić information content (AvgIpc) is 3.12. The van der Waals surface area contributed by atoms with Gasteiger partial charge in [0.05, 0.1) is 17.2 Å². The van der Waals surface area contributed by atoms with Gasteiger partial charge in [-0.1, -0.05) is 12.1 Å². The van der Waals surface area contributed by atoms with Gasteiger partial charge in [-0.2, -0.15) is 5.26 Å². The van der Waals surface area contributed by atoms with E-state index in [0.717, 1.165) is 16.8 Å². The predicted molar refractivity (Wildman–Crippen MR) is 91.0 cm³/mol. The minimum Gasteiger partial charge on any atom is -0.352 e. The van der Waals surface area contributed by atoms with E-state index in [-0.39, 0.29) is 23.2 Å². The van der Waals surface area contributed by atoms with Gasteiger partial charge in [0, 0.05) is 13.1 Å². The number of anilines is 1. The quantitative estimate of drug-likeness (QED) is 0.834. The first-order valence-electron chi connectivity index (χ1n) is 7.69. The summed E-state index contributed by atoms with van der Waals surface area (Å²) < 4.78 is 23.4. The first kappa shape index (κ1) is 16.5. The molecule has 1 aromatic carbocycles. The van der Waals surface area contributed by atoms with Crippen molar-refractivity contribution in [2.75, 3.05) is 23.5 Å². The summed E-state index contributed by atoms with van der Waals surface area (Å²) >= 11 is 0. The SMILES string of the molecule is Cc1ccc(C)c(-n2nc(C#N)c(N(C)C3CCS(=O)(=O)C3)n2)c1. The number of sulfone groups is 1. The summed E-state index contributed by atoms with van der Waals surface area (Å²) in [4.78, 5) is 3.22. The van der Waals surface area contributed by atoms with Crippen molar-refractivity contribution in [3.05, 3.63) is 35.0 Å². The molecule has 0 amide bonds. The van der Waals surface area contributed by atoms with Crippen LogP contribution in [-0.4, -0.2) is 48.0 Å². The molecule has 8 heteroatoms. The zero-order chi connectivity index (χ0) is 17.5. The van der Waals surface area contributed by atoms with Crippen molar-refractivity contribution >= 4 is 15.7 Å². The van der Waals surface area contributed by atoms with E-state index in [1.54, 1.807) is 11.9 Å². The Balaban J connectivity index is 2.00. The fourth-order valence-electron chi connectivity index (χ4n) is 2.91. The van der Waals surface area contributed by atoms with Crippen molar-refractivity contribution < 1.29 is 8.42 Å². The van der Waals surface area contributed by atoms with E-state index in [9.17, 15) is 13.7 Å². The summed E-state index contributed by atoms with van der Waals surface area (Å²) in [6.07, 6.45) is 0.542. The maximum absolute atomic E-state index is 11.7. The van der Waals surface area contributed by atoms with E-state index >= 15 is 0 Å². The standard InChI is InChI=1S/C16H19N5O2S/c1-11-4-5-12(2)15(8-11)21-18-14(9-17)16(19-21)20(3)13-6-7-24(22,23)10-13/h4-5,8,13H,6-7,10H2,1-3H3. The number of aryl methyl sites for hydroxylation is 2. The molecule has 1 aliphatic rings. The molecule has 0 aliphatic carbocycles. The molecular weight excluding hydrogens is 326 g/mol. The van der Waals surface area contributed by atoms with E-state index < -0.39 is 9.84 Å². The predicted octanol–water partition coefficient (Wildman–Crippen LogP) is 1.38. The van der Waals surface area contributed by atoms with Gasteiger partial charge in [0.2, 0.25) is 5.69 Å². The van der Waals surface area contributed by atoms with Crippen molar-refractivity contribution in [1.82, 2.24) is 15.0 Å². The average molecular weight is 345 g/mol. The topological polar surface area (TPSA) is 91.9 Å². The molecule has 1 aliphatic heterocycles. The summed E-state index contributed by atoms with van der Waals surface area (Å²) in [5.41, 5.74) is 3.08. The Morgan fingerprint density at radius 3 is 2.71 bits per heavy atom. The van der Waals surface area contributed by atoms with Gasteiger partial charge < -0.3 is 4.90 Å². The molecule has 126 valence electrons. The number of rotatable bonds is 3. The molecule has 3 rings (SSSR count). The molecule has 1 atom stereocenters. The van der Waals surface area contributed by atoms with Gasteiger partial charge in [0.25, 0.3) is 0 Å². The van der Waals surface area contributed by atoms with Crippen LogP contribution in [0.1, 0.15) is 23.2 Å². The Hall–Kier alpha value is -2.40. The lowest BCUT2D eigenvalue weighted by molar-refractivity contribution is 0.600. The molecule has 0 N–H and O–H groups in total. The molecule has 2 aromatic rings. The number of benzene rings is 1. The molecule has 0 saturated carbocycles. The summed E-state index contributed by atoms with van der Waals surface area (Å²) in [5.74, 6) is 0.681. The smallest absolute Gasteiger partial charge is 0.207 e. The Bertz CT molecular complexity index is 926. The van der Waals surface area contributed by atoms with Crippen LogP contribution in [0.5, 0.6) is 0 Å². The molecule has 0 bridgehead atoms. The number of nitriles is 1. The number of nitrogens with zero attached hydrogens (tertiary/aromatic N) is 5. The van der Waals surface area contributed by atoms with Gasteiger partial charge in [0.1, 0.15) is 6.07 Å². The van der Waals surface area contributed by atoms with Crippen molar-refractivity contribution in [1.29, 1.82) is 5.26 Å². The molecule has 1 unspecified atom stereocenters. The summed E-state index contributed by atoms with van der Waals surface area (Å²) in [6.45, 7) is 3.94. The van der Waals surface area contributed by atoms with Gasteiger partial charge >= 0.3 is 0 Å². The zero-order valence-corrected chi connectivity index (χ0v) is 14.7. The van der Waals surface area contributed by atoms with Gasteiger partial charge in [-0.15, -0.1) is 15.0 Å². The van der Waals surface area contributed by atoms with Crippen molar-refractivity contribution in [3.8, 4) is 11.8 Å². The van der Waals surface area contributed by atoms with Gasteiger partial charge in [-0.05, 0) is 37.5 Å². The molecule has 1 aromatic heterocycles. The van der Waals surface area contributed by atoms with Crippen LogP contribution >= 0.6 is 0 Å². The second-order valence-corrected chi connectivity index (χ2v) is 8.46. The second kappa shape index (κ2) is 5.91. The normalized spacial score (nSPS) is 19.2. The highest BCUT2D eigenvalue weighted by Crippen LogP contribution is 2.25. The van der Waals surface area contributed by atoms with Gasteiger partial charge in [-0.25, -0.2) is 8.42 Å². The van der Waals surface area contributed by atoms with Crippen molar-refractivity contribution in [2.24, 2.45) is 0 Å². The van der Waals surface area contributed by atoms with Crippen molar-refractivity contribution in [2.45, 2.75) is 26.3 Å². The molecular formula is C16H19N5O2S. The zero-order valence-electron chi connectivity index (χ0n) is 13.9. The highest BCUT2D eigenvalue weighted by atomic mass is 32.2. The Labute approximate surface area is 141 Å². The van der Waals surface area contributed by atoms with Crippen LogP contribution < -0.4 is 4.90 Å². The fourth-order valence-corrected chi connectivity index (χ4v) is 4.68. The van der Waals surface area contributed by atoms with Gasteiger partial charge in [0.15, 0.2) is 15.7 Å². The summed E-state index contributed by atoms with van der Waals surface area (Å²) in [5, 5.41) is 18.1. The number of hydrogen-bond donors (Lipinski definition) is 0. The third kappa shape index (κ3) is 2.99. The van der Waals surface area contributed by atoms with E-state index in [0.29, 0.717) is 12.2 Å². The van der Waals surface area contributed by atoms with E-state index in [2.05, 4.69) is 16.3 Å². The first-order valence-corrected chi connectivity index (χ1v) is 9.51. The van der Waals surface area contributed by atoms with Crippen LogP contribution in [0.15, 0.2) is 18.2 Å². The van der Waals surface area contributed by atoms with Crippen LogP contribution in [0, 0.1) is 25.2 Å². The minimum atomic E-state index is -3.01. The lowest BCUT2D eigenvalue weighted by Gasteiger charge is -2.22. The molecule has 1 saturated heterocycles.